The molecule has 0 saturated heterocycles. The van der Waals surface area contributed by atoms with E-state index in [-0.39, 0.29) is 13.0 Å². The standard InChI is InChI=1S/C23H23N5O5/c1-32-22(30)18-9-7-16(8-10-18)12-26-28-21(29)20(11-19-13-24-15-25-19)27-23(31)33-14-17-5-3-2-4-6-17/h2-10,12-13,15,20H,11,14H2,1H3,(H,24,25)(H,27,31)(H,28,29)/b26-12-/t20-/m1/s1. The van der Waals surface area contributed by atoms with Crippen LogP contribution in [0.3, 0.4) is 0 Å². The van der Waals surface area contributed by atoms with Gasteiger partial charge in [0.05, 0.1) is 25.2 Å². The Morgan fingerprint density at radius 2 is 1.88 bits per heavy atom. The Bertz CT molecular complexity index is 1080. The fraction of sp³-hybridized carbons (Fsp3) is 0.174. The molecule has 3 aromatic rings. The van der Waals surface area contributed by atoms with Crippen LogP contribution in [-0.4, -0.2) is 47.3 Å². The molecule has 0 aliphatic rings. The highest BCUT2D eigenvalue weighted by atomic mass is 16.5. The summed E-state index contributed by atoms with van der Waals surface area (Å²) in [5.74, 6) is -0.984. The number of carbonyl (C=O) groups excluding carboxylic acids is 3. The van der Waals surface area contributed by atoms with Crippen molar-refractivity contribution in [3.05, 3.63) is 89.5 Å². The van der Waals surface area contributed by atoms with E-state index in [1.165, 1.54) is 19.7 Å². The van der Waals surface area contributed by atoms with Gasteiger partial charge in [0.2, 0.25) is 0 Å². The minimum absolute atomic E-state index is 0.0742. The third-order valence-corrected chi connectivity index (χ3v) is 4.52. The number of hydrogen-bond donors (Lipinski definition) is 3. The molecule has 0 aliphatic carbocycles. The largest absolute Gasteiger partial charge is 0.465 e. The fourth-order valence-electron chi connectivity index (χ4n) is 2.80. The molecule has 1 aromatic heterocycles. The second-order valence-electron chi connectivity index (χ2n) is 6.89. The van der Waals surface area contributed by atoms with Crippen LogP contribution in [0.15, 0.2) is 72.2 Å². The third kappa shape index (κ3) is 7.31. The number of aromatic nitrogens is 2. The number of esters is 1. The molecular formula is C23H23N5O5. The van der Waals surface area contributed by atoms with Gasteiger partial charge >= 0.3 is 12.1 Å². The summed E-state index contributed by atoms with van der Waals surface area (Å²) in [5, 5.41) is 6.48. The molecule has 0 aliphatic heterocycles. The van der Waals surface area contributed by atoms with E-state index in [0.29, 0.717) is 16.8 Å². The number of nitrogens with zero attached hydrogens (tertiary/aromatic N) is 2. The van der Waals surface area contributed by atoms with Crippen LogP contribution in [0.4, 0.5) is 4.79 Å². The maximum atomic E-state index is 12.7. The molecule has 1 atom stereocenters. The van der Waals surface area contributed by atoms with E-state index in [9.17, 15) is 14.4 Å². The van der Waals surface area contributed by atoms with Crippen LogP contribution in [0, 0.1) is 0 Å². The highest BCUT2D eigenvalue weighted by Gasteiger charge is 2.22. The number of nitrogens with one attached hydrogen (secondary N) is 3. The van der Waals surface area contributed by atoms with Gasteiger partial charge in [-0.2, -0.15) is 5.10 Å². The number of carbonyl (C=O) groups is 3. The number of H-pyrrole nitrogens is 1. The Morgan fingerprint density at radius 1 is 1.12 bits per heavy atom. The molecule has 10 nitrogen and oxygen atoms in total. The minimum atomic E-state index is -0.951. The van der Waals surface area contributed by atoms with Crippen LogP contribution in [0.5, 0.6) is 0 Å². The maximum Gasteiger partial charge on any atom is 0.408 e. The Hall–Kier alpha value is -4.47. The lowest BCUT2D eigenvalue weighted by molar-refractivity contribution is -0.123. The number of amides is 2. The SMILES string of the molecule is COC(=O)c1ccc(/C=N\NC(=O)[C@@H](Cc2cnc[nH]2)NC(=O)OCc2ccccc2)cc1. The zero-order valence-corrected chi connectivity index (χ0v) is 17.9. The first kappa shape index (κ1) is 23.2. The molecule has 0 bridgehead atoms. The lowest BCUT2D eigenvalue weighted by Gasteiger charge is -2.16. The predicted molar refractivity (Wildman–Crippen MR) is 119 cm³/mol. The zero-order chi connectivity index (χ0) is 23.5. The first-order chi connectivity index (χ1) is 16.0. The number of ether oxygens (including phenoxy) is 2. The van der Waals surface area contributed by atoms with Crippen LogP contribution < -0.4 is 10.7 Å². The van der Waals surface area contributed by atoms with E-state index in [1.807, 2.05) is 30.3 Å². The average molecular weight is 449 g/mol. The first-order valence-corrected chi connectivity index (χ1v) is 10.0. The monoisotopic (exact) mass is 449 g/mol. The van der Waals surface area contributed by atoms with E-state index in [1.54, 1.807) is 30.5 Å². The fourth-order valence-corrected chi connectivity index (χ4v) is 2.80. The topological polar surface area (TPSA) is 135 Å². The predicted octanol–water partition coefficient (Wildman–Crippen LogP) is 2.18. The van der Waals surface area contributed by atoms with Gasteiger partial charge in [-0.05, 0) is 23.3 Å². The number of hydrogen-bond acceptors (Lipinski definition) is 7. The van der Waals surface area contributed by atoms with Crippen LogP contribution in [0.25, 0.3) is 0 Å². The van der Waals surface area contributed by atoms with Gasteiger partial charge in [-0.15, -0.1) is 0 Å². The quantitative estimate of drug-likeness (QED) is 0.260. The van der Waals surface area contributed by atoms with E-state index in [4.69, 9.17) is 4.74 Å². The smallest absolute Gasteiger partial charge is 0.408 e. The molecule has 0 spiro atoms. The van der Waals surface area contributed by atoms with Crippen molar-refractivity contribution < 1.29 is 23.9 Å². The van der Waals surface area contributed by atoms with Crippen LogP contribution >= 0.6 is 0 Å². The number of imidazole rings is 1. The first-order valence-electron chi connectivity index (χ1n) is 10.0. The Labute approximate surface area is 190 Å². The van der Waals surface area contributed by atoms with Crippen LogP contribution in [0.1, 0.15) is 27.2 Å². The average Bonchev–Trinajstić information content (AvgIpc) is 3.36. The van der Waals surface area contributed by atoms with Crippen molar-refractivity contribution >= 4 is 24.2 Å². The molecule has 1 heterocycles. The van der Waals surface area contributed by atoms with E-state index < -0.39 is 24.0 Å². The van der Waals surface area contributed by atoms with Crippen molar-refractivity contribution in [2.24, 2.45) is 5.10 Å². The summed E-state index contributed by atoms with van der Waals surface area (Å²) >= 11 is 0. The van der Waals surface area contributed by atoms with Crippen molar-refractivity contribution in [1.29, 1.82) is 0 Å². The van der Waals surface area contributed by atoms with Gasteiger partial charge < -0.3 is 19.8 Å². The summed E-state index contributed by atoms with van der Waals surface area (Å²) in [6.07, 6.45) is 3.88. The van der Waals surface area contributed by atoms with Crippen molar-refractivity contribution in [3.63, 3.8) is 0 Å². The van der Waals surface area contributed by atoms with E-state index in [2.05, 4.69) is 30.5 Å². The minimum Gasteiger partial charge on any atom is -0.465 e. The van der Waals surface area contributed by atoms with E-state index in [0.717, 1.165) is 5.56 Å². The number of benzene rings is 2. The number of hydrazone groups is 1. The summed E-state index contributed by atoms with van der Waals surface area (Å²) in [7, 11) is 1.30. The molecule has 2 amide bonds. The summed E-state index contributed by atoms with van der Waals surface area (Å²) in [5.41, 5.74) is 4.94. The zero-order valence-electron chi connectivity index (χ0n) is 17.9. The summed E-state index contributed by atoms with van der Waals surface area (Å²) in [6.45, 7) is 0.0742. The van der Waals surface area contributed by atoms with Gasteiger partial charge in [0.25, 0.3) is 5.91 Å². The van der Waals surface area contributed by atoms with E-state index >= 15 is 0 Å². The normalized spacial score (nSPS) is 11.5. The second kappa shape index (κ2) is 11.8. The van der Waals surface area contributed by atoms with Crippen molar-refractivity contribution in [3.8, 4) is 0 Å². The third-order valence-electron chi connectivity index (χ3n) is 4.52. The maximum absolute atomic E-state index is 12.7. The van der Waals surface area contributed by atoms with Crippen LogP contribution in [0.2, 0.25) is 0 Å². The molecule has 0 saturated carbocycles. The molecule has 10 heteroatoms. The van der Waals surface area contributed by atoms with Crippen molar-refractivity contribution in [1.82, 2.24) is 20.7 Å². The number of methoxy groups -OCH3 is 1. The lowest BCUT2D eigenvalue weighted by atomic mass is 10.1. The number of alkyl carbamates (subject to hydrolysis) is 1. The highest BCUT2D eigenvalue weighted by molar-refractivity contribution is 5.91. The Balaban J connectivity index is 1.58. The molecule has 0 unspecified atom stereocenters. The molecule has 0 fully saturated rings. The summed E-state index contributed by atoms with van der Waals surface area (Å²) < 4.78 is 9.86. The molecular weight excluding hydrogens is 426 g/mol. The molecule has 3 rings (SSSR count). The summed E-state index contributed by atoms with van der Waals surface area (Å²) in [6, 6.07) is 14.7. The molecule has 33 heavy (non-hydrogen) atoms. The number of aromatic amines is 1. The lowest BCUT2D eigenvalue weighted by Crippen LogP contribution is -2.47. The van der Waals surface area contributed by atoms with Gasteiger partial charge in [-0.3, -0.25) is 4.79 Å². The summed E-state index contributed by atoms with van der Waals surface area (Å²) in [4.78, 5) is 43.2. The molecule has 170 valence electrons. The van der Waals surface area contributed by atoms with Crippen molar-refractivity contribution in [2.75, 3.05) is 7.11 Å². The Kier molecular flexibility index (Phi) is 8.29. The highest BCUT2D eigenvalue weighted by Crippen LogP contribution is 2.05. The Morgan fingerprint density at radius 3 is 2.55 bits per heavy atom. The molecule has 2 aromatic carbocycles. The molecule has 0 radical (unpaired) electrons. The van der Waals surface area contributed by atoms with Gasteiger partial charge in [-0.25, -0.2) is 20.0 Å². The second-order valence-corrected chi connectivity index (χ2v) is 6.89. The number of rotatable bonds is 9. The van der Waals surface area contributed by atoms with Gasteiger partial charge in [-0.1, -0.05) is 42.5 Å². The van der Waals surface area contributed by atoms with Crippen molar-refractivity contribution in [2.45, 2.75) is 19.1 Å². The van der Waals surface area contributed by atoms with Gasteiger partial charge in [0.15, 0.2) is 0 Å². The molecule has 3 N–H and O–H groups in total. The van der Waals surface area contributed by atoms with Gasteiger partial charge in [0, 0.05) is 18.3 Å². The van der Waals surface area contributed by atoms with Crippen LogP contribution in [-0.2, 0) is 27.3 Å². The van der Waals surface area contributed by atoms with Gasteiger partial charge in [0.1, 0.15) is 12.6 Å².